The van der Waals surface area contributed by atoms with Crippen molar-refractivity contribution in [3.8, 4) is 0 Å². The molecule has 1 heterocycles. The lowest BCUT2D eigenvalue weighted by atomic mass is 10.1. The van der Waals surface area contributed by atoms with Crippen molar-refractivity contribution in [3.05, 3.63) is 64.1 Å². The standard InChI is InChI=1S/C17H14N2O5/c1-10(20)12-5-6-14-15(8-12)24-17(23)19(14)9-11-3-2-4-13(7-11)18-16(21)22/h2-8,18H,9H2,1H3,(H,21,22). The van der Waals surface area contributed by atoms with E-state index in [4.69, 9.17) is 9.52 Å². The number of benzene rings is 2. The van der Waals surface area contributed by atoms with Gasteiger partial charge in [0.25, 0.3) is 0 Å². The van der Waals surface area contributed by atoms with Gasteiger partial charge in [0.1, 0.15) is 0 Å². The predicted octanol–water partition coefficient (Wildman–Crippen LogP) is 2.94. The van der Waals surface area contributed by atoms with Gasteiger partial charge in [-0.3, -0.25) is 14.7 Å². The highest BCUT2D eigenvalue weighted by Gasteiger charge is 2.12. The fourth-order valence-electron chi connectivity index (χ4n) is 2.49. The molecule has 0 spiro atoms. The van der Waals surface area contributed by atoms with Crippen molar-refractivity contribution >= 4 is 28.7 Å². The third-order valence-electron chi connectivity index (χ3n) is 3.59. The summed E-state index contributed by atoms with van der Waals surface area (Å²) in [6, 6.07) is 11.6. The van der Waals surface area contributed by atoms with E-state index in [0.29, 0.717) is 22.4 Å². The van der Waals surface area contributed by atoms with E-state index in [0.717, 1.165) is 5.56 Å². The molecule has 0 saturated heterocycles. The van der Waals surface area contributed by atoms with Gasteiger partial charge in [-0.15, -0.1) is 0 Å². The molecule has 2 aromatic carbocycles. The number of anilines is 1. The van der Waals surface area contributed by atoms with Crippen molar-refractivity contribution in [1.29, 1.82) is 0 Å². The number of oxazole rings is 1. The van der Waals surface area contributed by atoms with Gasteiger partial charge in [-0.2, -0.15) is 0 Å². The molecule has 0 fully saturated rings. The van der Waals surface area contributed by atoms with Crippen LogP contribution in [0.5, 0.6) is 0 Å². The lowest BCUT2D eigenvalue weighted by Gasteiger charge is -2.06. The average molecular weight is 326 g/mol. The molecular formula is C17H14N2O5. The van der Waals surface area contributed by atoms with Gasteiger partial charge in [0.05, 0.1) is 12.1 Å². The van der Waals surface area contributed by atoms with Crippen molar-refractivity contribution in [2.45, 2.75) is 13.5 Å². The lowest BCUT2D eigenvalue weighted by Crippen LogP contribution is -2.15. The quantitative estimate of drug-likeness (QED) is 0.718. The summed E-state index contributed by atoms with van der Waals surface area (Å²) in [5.41, 5.74) is 2.53. The molecule has 7 heteroatoms. The summed E-state index contributed by atoms with van der Waals surface area (Å²) >= 11 is 0. The van der Waals surface area contributed by atoms with Crippen LogP contribution in [0.15, 0.2) is 51.7 Å². The minimum absolute atomic E-state index is 0.111. The van der Waals surface area contributed by atoms with E-state index in [1.54, 1.807) is 36.4 Å². The Morgan fingerprint density at radius 3 is 2.71 bits per heavy atom. The van der Waals surface area contributed by atoms with Crippen LogP contribution in [0.25, 0.3) is 11.1 Å². The van der Waals surface area contributed by atoms with Crippen LogP contribution in [0, 0.1) is 0 Å². The summed E-state index contributed by atoms with van der Waals surface area (Å²) in [6.07, 6.45) is -1.16. The summed E-state index contributed by atoms with van der Waals surface area (Å²) in [5, 5.41) is 11.0. The van der Waals surface area contributed by atoms with Crippen molar-refractivity contribution in [3.63, 3.8) is 0 Å². The van der Waals surface area contributed by atoms with Gasteiger partial charge in [-0.25, -0.2) is 9.59 Å². The Balaban J connectivity index is 1.98. The number of ketones is 1. The SMILES string of the molecule is CC(=O)c1ccc2c(c1)oc(=O)n2Cc1cccc(NC(=O)O)c1. The first-order valence-electron chi connectivity index (χ1n) is 7.17. The largest absolute Gasteiger partial charge is 0.465 e. The van der Waals surface area contributed by atoms with Gasteiger partial charge >= 0.3 is 11.8 Å². The maximum atomic E-state index is 12.1. The van der Waals surface area contributed by atoms with Gasteiger partial charge in [0, 0.05) is 11.3 Å². The Hall–Kier alpha value is -3.35. The van der Waals surface area contributed by atoms with Gasteiger partial charge < -0.3 is 9.52 Å². The minimum atomic E-state index is -1.16. The Bertz CT molecular complexity index is 1000. The molecule has 0 saturated carbocycles. The number of aromatic nitrogens is 1. The van der Waals surface area contributed by atoms with Gasteiger partial charge in [0.15, 0.2) is 11.4 Å². The number of hydrogen-bond acceptors (Lipinski definition) is 4. The monoisotopic (exact) mass is 326 g/mol. The first-order chi connectivity index (χ1) is 11.4. The Morgan fingerprint density at radius 2 is 2.00 bits per heavy atom. The van der Waals surface area contributed by atoms with Crippen LogP contribution in [-0.2, 0) is 6.54 Å². The molecule has 3 aromatic rings. The van der Waals surface area contributed by atoms with Crippen molar-refractivity contribution < 1.29 is 19.1 Å². The van der Waals surface area contributed by atoms with E-state index in [-0.39, 0.29) is 12.3 Å². The summed E-state index contributed by atoms with van der Waals surface area (Å²) < 4.78 is 6.63. The summed E-state index contributed by atoms with van der Waals surface area (Å²) in [6.45, 7) is 1.66. The number of carbonyl (C=O) groups excluding carboxylic acids is 1. The maximum Gasteiger partial charge on any atom is 0.420 e. The molecule has 1 amide bonds. The maximum absolute atomic E-state index is 12.1. The number of fused-ring (bicyclic) bond motifs is 1. The topological polar surface area (TPSA) is 102 Å². The number of rotatable bonds is 4. The number of carbonyl (C=O) groups is 2. The van der Waals surface area contributed by atoms with E-state index >= 15 is 0 Å². The molecule has 24 heavy (non-hydrogen) atoms. The Labute approximate surface area is 136 Å². The van der Waals surface area contributed by atoms with E-state index in [9.17, 15) is 14.4 Å². The molecule has 0 atom stereocenters. The van der Waals surface area contributed by atoms with Crippen LogP contribution in [0.1, 0.15) is 22.8 Å². The fraction of sp³-hybridized carbons (Fsp3) is 0.118. The molecule has 1 aromatic heterocycles. The van der Waals surface area contributed by atoms with Gasteiger partial charge in [-0.1, -0.05) is 12.1 Å². The summed E-state index contributed by atoms with van der Waals surface area (Å²) in [4.78, 5) is 34.2. The molecule has 7 nitrogen and oxygen atoms in total. The van der Waals surface area contributed by atoms with Crippen LogP contribution < -0.4 is 11.1 Å². The zero-order valence-corrected chi connectivity index (χ0v) is 12.8. The molecule has 3 rings (SSSR count). The van der Waals surface area contributed by atoms with E-state index < -0.39 is 11.8 Å². The number of carboxylic acid groups (broad SMARTS) is 1. The van der Waals surface area contributed by atoms with Crippen molar-refractivity contribution in [2.24, 2.45) is 0 Å². The molecule has 0 aliphatic rings. The molecule has 0 radical (unpaired) electrons. The molecule has 0 aliphatic heterocycles. The molecule has 0 bridgehead atoms. The van der Waals surface area contributed by atoms with Crippen LogP contribution in [0.3, 0.4) is 0 Å². The number of Topliss-reactive ketones (excluding diaryl/α,β-unsaturated/α-hetero) is 1. The molecule has 0 aliphatic carbocycles. The third kappa shape index (κ3) is 3.05. The highest BCUT2D eigenvalue weighted by molar-refractivity contribution is 5.96. The van der Waals surface area contributed by atoms with Crippen LogP contribution >= 0.6 is 0 Å². The van der Waals surface area contributed by atoms with E-state index in [2.05, 4.69) is 5.32 Å². The number of amides is 1. The minimum Gasteiger partial charge on any atom is -0.465 e. The van der Waals surface area contributed by atoms with E-state index in [1.165, 1.54) is 17.6 Å². The molecule has 0 unspecified atom stereocenters. The first kappa shape index (κ1) is 15.5. The number of hydrogen-bond donors (Lipinski definition) is 2. The van der Waals surface area contributed by atoms with E-state index in [1.807, 2.05) is 0 Å². The second kappa shape index (κ2) is 6.04. The molecular weight excluding hydrogens is 312 g/mol. The van der Waals surface area contributed by atoms with Crippen LogP contribution in [0.2, 0.25) is 0 Å². The van der Waals surface area contributed by atoms with Crippen molar-refractivity contribution in [2.75, 3.05) is 5.32 Å². The van der Waals surface area contributed by atoms with Gasteiger partial charge in [0.2, 0.25) is 0 Å². The highest BCUT2D eigenvalue weighted by Crippen LogP contribution is 2.18. The Kier molecular flexibility index (Phi) is 3.91. The fourth-order valence-corrected chi connectivity index (χ4v) is 2.49. The second-order valence-electron chi connectivity index (χ2n) is 5.32. The Morgan fingerprint density at radius 1 is 1.21 bits per heavy atom. The van der Waals surface area contributed by atoms with Crippen LogP contribution in [0.4, 0.5) is 10.5 Å². The predicted molar refractivity (Wildman–Crippen MR) is 87.7 cm³/mol. The average Bonchev–Trinajstić information content (AvgIpc) is 2.82. The second-order valence-corrected chi connectivity index (χ2v) is 5.32. The summed E-state index contributed by atoms with van der Waals surface area (Å²) in [7, 11) is 0. The highest BCUT2D eigenvalue weighted by atomic mass is 16.4. The molecule has 122 valence electrons. The number of nitrogens with one attached hydrogen (secondary N) is 1. The van der Waals surface area contributed by atoms with Crippen molar-refractivity contribution in [1.82, 2.24) is 4.57 Å². The van der Waals surface area contributed by atoms with Gasteiger partial charge in [-0.05, 0) is 42.8 Å². The number of nitrogens with zero attached hydrogens (tertiary/aromatic N) is 1. The normalized spacial score (nSPS) is 10.7. The zero-order chi connectivity index (χ0) is 17.3. The first-order valence-corrected chi connectivity index (χ1v) is 7.17. The lowest BCUT2D eigenvalue weighted by molar-refractivity contribution is 0.101. The zero-order valence-electron chi connectivity index (χ0n) is 12.8. The molecule has 2 N–H and O–H groups in total. The third-order valence-corrected chi connectivity index (χ3v) is 3.59. The van der Waals surface area contributed by atoms with Crippen LogP contribution in [-0.4, -0.2) is 21.6 Å². The smallest absolute Gasteiger partial charge is 0.420 e. The summed E-state index contributed by atoms with van der Waals surface area (Å²) in [5.74, 6) is -0.651.